The third-order valence-corrected chi connectivity index (χ3v) is 3.37. The van der Waals surface area contributed by atoms with Crippen LogP contribution >= 0.6 is 11.6 Å². The van der Waals surface area contributed by atoms with E-state index >= 15 is 0 Å². The Hall–Kier alpha value is -1.59. The summed E-state index contributed by atoms with van der Waals surface area (Å²) in [6.45, 7) is 4.10. The van der Waals surface area contributed by atoms with Gasteiger partial charge in [0.15, 0.2) is 5.41 Å². The van der Waals surface area contributed by atoms with Crippen LogP contribution in [-0.4, -0.2) is 36.9 Å². The fraction of sp³-hybridized carbons (Fsp3) is 0.467. The average molecular weight is 315 g/mol. The van der Waals surface area contributed by atoms with Gasteiger partial charge in [-0.15, -0.1) is 0 Å². The first kappa shape index (κ1) is 17.5. The fourth-order valence-electron chi connectivity index (χ4n) is 2.06. The lowest BCUT2D eigenvalue weighted by Crippen LogP contribution is -2.46. The van der Waals surface area contributed by atoms with Crippen molar-refractivity contribution < 1.29 is 24.2 Å². The zero-order chi connectivity index (χ0) is 15.9. The lowest BCUT2D eigenvalue weighted by atomic mass is 9.77. The monoisotopic (exact) mass is 314 g/mol. The van der Waals surface area contributed by atoms with Gasteiger partial charge in [0.1, 0.15) is 0 Å². The quantitative estimate of drug-likeness (QED) is 0.453. The molecule has 1 atom stereocenters. The maximum absolute atomic E-state index is 12.3. The van der Waals surface area contributed by atoms with Gasteiger partial charge in [-0.1, -0.05) is 23.7 Å². The van der Waals surface area contributed by atoms with E-state index in [1.807, 2.05) is 0 Å². The summed E-state index contributed by atoms with van der Waals surface area (Å²) in [5.74, 6) is -2.08. The molecule has 0 fully saturated rings. The fourth-order valence-corrected chi connectivity index (χ4v) is 2.25. The minimum atomic E-state index is -1.81. The Bertz CT molecular complexity index is 503. The van der Waals surface area contributed by atoms with Crippen LogP contribution in [-0.2, 0) is 24.5 Å². The number of rotatable bonds is 8. The maximum atomic E-state index is 12.3. The molecule has 1 unspecified atom stereocenters. The van der Waals surface area contributed by atoms with Crippen LogP contribution in [0.5, 0.6) is 0 Å². The van der Waals surface area contributed by atoms with E-state index in [2.05, 4.69) is 0 Å². The molecule has 0 saturated heterocycles. The molecule has 0 aliphatic heterocycles. The van der Waals surface area contributed by atoms with E-state index in [1.54, 1.807) is 32.0 Å². The van der Waals surface area contributed by atoms with E-state index in [4.69, 9.17) is 21.1 Å². The van der Waals surface area contributed by atoms with E-state index in [-0.39, 0.29) is 19.6 Å². The number of hydrogen-bond acceptors (Lipinski definition) is 4. The van der Waals surface area contributed by atoms with Crippen molar-refractivity contribution in [2.75, 3.05) is 19.8 Å². The number of aliphatic carboxylic acids is 1. The Balaban J connectivity index is 3.29. The summed E-state index contributed by atoms with van der Waals surface area (Å²) in [5, 5.41) is 10.0. The van der Waals surface area contributed by atoms with Crippen LogP contribution in [0.1, 0.15) is 25.8 Å². The number of carbonyl (C=O) groups excluding carboxylic acids is 1. The van der Waals surface area contributed by atoms with Gasteiger partial charge >= 0.3 is 11.9 Å². The molecule has 21 heavy (non-hydrogen) atoms. The number of halogens is 1. The van der Waals surface area contributed by atoms with Gasteiger partial charge in [-0.3, -0.25) is 9.59 Å². The second kappa shape index (κ2) is 8.00. The van der Waals surface area contributed by atoms with Gasteiger partial charge in [0, 0.05) is 24.7 Å². The van der Waals surface area contributed by atoms with Gasteiger partial charge in [-0.25, -0.2) is 0 Å². The topological polar surface area (TPSA) is 72.8 Å². The van der Waals surface area contributed by atoms with Gasteiger partial charge in [0.25, 0.3) is 0 Å². The Morgan fingerprint density at radius 3 is 2.52 bits per heavy atom. The smallest absolute Gasteiger partial charge is 0.328 e. The van der Waals surface area contributed by atoms with Crippen LogP contribution in [0.2, 0.25) is 5.02 Å². The molecule has 1 aromatic carbocycles. The van der Waals surface area contributed by atoms with E-state index in [9.17, 15) is 14.7 Å². The second-order valence-corrected chi connectivity index (χ2v) is 4.82. The molecule has 0 aromatic heterocycles. The third kappa shape index (κ3) is 3.95. The maximum Gasteiger partial charge on any atom is 0.328 e. The van der Waals surface area contributed by atoms with Crippen molar-refractivity contribution in [3.8, 4) is 0 Å². The zero-order valence-corrected chi connectivity index (χ0v) is 12.9. The Morgan fingerprint density at radius 2 is 2.00 bits per heavy atom. The van der Waals surface area contributed by atoms with Crippen LogP contribution in [0.4, 0.5) is 0 Å². The minimum absolute atomic E-state index is 0.0185. The number of hydrogen-bond donors (Lipinski definition) is 1. The van der Waals surface area contributed by atoms with E-state index in [0.717, 1.165) is 0 Å². The summed E-state index contributed by atoms with van der Waals surface area (Å²) in [7, 11) is 0. The standard InChI is InChI=1S/C15H19ClO5/c1-3-20-9-8-15(13(17)18,14(19)21-4-2)11-6-5-7-12(16)10-11/h5-7,10H,3-4,8-9H2,1-2H3,(H,17,18). The van der Waals surface area contributed by atoms with E-state index in [1.165, 1.54) is 6.07 Å². The summed E-state index contributed by atoms with van der Waals surface area (Å²) >= 11 is 5.92. The largest absolute Gasteiger partial charge is 0.480 e. The lowest BCUT2D eigenvalue weighted by Gasteiger charge is -2.27. The Morgan fingerprint density at radius 1 is 1.29 bits per heavy atom. The molecule has 6 heteroatoms. The Labute approximate surface area is 128 Å². The van der Waals surface area contributed by atoms with Crippen LogP contribution in [0.3, 0.4) is 0 Å². The lowest BCUT2D eigenvalue weighted by molar-refractivity contribution is -0.162. The van der Waals surface area contributed by atoms with Crippen molar-refractivity contribution in [3.05, 3.63) is 34.9 Å². The molecule has 0 saturated carbocycles. The number of benzene rings is 1. The predicted molar refractivity (Wildman–Crippen MR) is 78.5 cm³/mol. The van der Waals surface area contributed by atoms with Crippen LogP contribution in [0.25, 0.3) is 0 Å². The molecule has 0 heterocycles. The molecule has 1 aromatic rings. The summed E-state index contributed by atoms with van der Waals surface area (Å²) in [4.78, 5) is 24.2. The third-order valence-electron chi connectivity index (χ3n) is 3.13. The molecule has 0 aliphatic rings. The van der Waals surface area contributed by atoms with Crippen LogP contribution < -0.4 is 0 Å². The van der Waals surface area contributed by atoms with Crippen molar-refractivity contribution in [3.63, 3.8) is 0 Å². The number of carboxylic acid groups (broad SMARTS) is 1. The minimum Gasteiger partial charge on any atom is -0.480 e. The van der Waals surface area contributed by atoms with Crippen molar-refractivity contribution >= 4 is 23.5 Å². The van der Waals surface area contributed by atoms with Crippen LogP contribution in [0, 0.1) is 0 Å². The molecule has 1 rings (SSSR count). The van der Waals surface area contributed by atoms with E-state index in [0.29, 0.717) is 17.2 Å². The summed E-state index contributed by atoms with van der Waals surface area (Å²) in [6, 6.07) is 6.25. The van der Waals surface area contributed by atoms with Gasteiger partial charge in [0.2, 0.25) is 0 Å². The molecule has 1 N–H and O–H groups in total. The first-order valence-corrected chi connectivity index (χ1v) is 7.11. The molecule has 0 radical (unpaired) electrons. The SMILES string of the molecule is CCOCCC(C(=O)O)(C(=O)OCC)c1cccc(Cl)c1. The summed E-state index contributed by atoms with van der Waals surface area (Å²) in [5.41, 5.74) is -1.52. The van der Waals surface area contributed by atoms with Gasteiger partial charge < -0.3 is 14.6 Å². The highest BCUT2D eigenvalue weighted by Gasteiger charge is 2.49. The molecular weight excluding hydrogens is 296 g/mol. The molecule has 5 nitrogen and oxygen atoms in total. The predicted octanol–water partition coefficient (Wildman–Crippen LogP) is 2.65. The van der Waals surface area contributed by atoms with Gasteiger partial charge in [0.05, 0.1) is 6.61 Å². The molecule has 0 bridgehead atoms. The van der Waals surface area contributed by atoms with E-state index < -0.39 is 17.4 Å². The number of ether oxygens (including phenoxy) is 2. The van der Waals surface area contributed by atoms with Gasteiger partial charge in [-0.05, 0) is 31.5 Å². The first-order valence-electron chi connectivity index (χ1n) is 6.73. The highest BCUT2D eigenvalue weighted by atomic mass is 35.5. The normalized spacial score (nSPS) is 13.5. The summed E-state index contributed by atoms with van der Waals surface area (Å²) in [6.07, 6.45) is -0.0185. The number of carbonyl (C=O) groups is 2. The van der Waals surface area contributed by atoms with Crippen molar-refractivity contribution in [1.82, 2.24) is 0 Å². The van der Waals surface area contributed by atoms with Gasteiger partial charge in [-0.2, -0.15) is 0 Å². The molecule has 116 valence electrons. The molecule has 0 amide bonds. The van der Waals surface area contributed by atoms with Crippen molar-refractivity contribution in [2.45, 2.75) is 25.7 Å². The zero-order valence-electron chi connectivity index (χ0n) is 12.1. The van der Waals surface area contributed by atoms with Crippen molar-refractivity contribution in [2.24, 2.45) is 0 Å². The average Bonchev–Trinajstić information content (AvgIpc) is 2.43. The van der Waals surface area contributed by atoms with Crippen LogP contribution in [0.15, 0.2) is 24.3 Å². The molecular formula is C15H19ClO5. The molecule has 0 spiro atoms. The Kier molecular flexibility index (Phi) is 6.65. The summed E-state index contributed by atoms with van der Waals surface area (Å²) < 4.78 is 10.2. The highest BCUT2D eigenvalue weighted by molar-refractivity contribution is 6.30. The van der Waals surface area contributed by atoms with Crippen molar-refractivity contribution in [1.29, 1.82) is 0 Å². The number of esters is 1. The molecule has 0 aliphatic carbocycles. The second-order valence-electron chi connectivity index (χ2n) is 4.39. The first-order chi connectivity index (χ1) is 9.98. The highest BCUT2D eigenvalue weighted by Crippen LogP contribution is 2.32. The number of carboxylic acids is 1.